The normalized spacial score (nSPS) is 17.4. The van der Waals surface area contributed by atoms with Crippen molar-refractivity contribution >= 4 is 17.3 Å². The second-order valence-electron chi connectivity index (χ2n) is 5.02. The first-order chi connectivity index (χ1) is 8.33. The first-order valence-corrected chi connectivity index (χ1v) is 7.26. The van der Waals surface area contributed by atoms with Gasteiger partial charge in [0.1, 0.15) is 0 Å². The molecule has 2 heteroatoms. The topological polar surface area (TPSA) is 3.24 Å². The third-order valence-electron chi connectivity index (χ3n) is 3.77. The molecule has 1 aromatic rings. The Morgan fingerprint density at radius 3 is 2.35 bits per heavy atom. The SMILES string of the molecule is CCCC1CCN(c2ccc(CCl)cc2)CC1. The van der Waals surface area contributed by atoms with Gasteiger partial charge >= 0.3 is 0 Å². The van der Waals surface area contributed by atoms with E-state index in [2.05, 4.69) is 36.1 Å². The summed E-state index contributed by atoms with van der Waals surface area (Å²) in [6.45, 7) is 4.72. The van der Waals surface area contributed by atoms with Crippen molar-refractivity contribution < 1.29 is 0 Å². The predicted octanol–water partition coefficient (Wildman–Crippen LogP) is 4.44. The molecule has 0 unspecified atom stereocenters. The largest absolute Gasteiger partial charge is 0.372 e. The van der Waals surface area contributed by atoms with Crippen molar-refractivity contribution in [2.75, 3.05) is 18.0 Å². The van der Waals surface area contributed by atoms with Gasteiger partial charge in [-0.25, -0.2) is 0 Å². The van der Waals surface area contributed by atoms with Gasteiger partial charge in [-0.2, -0.15) is 0 Å². The van der Waals surface area contributed by atoms with Gasteiger partial charge in [0, 0.05) is 24.7 Å². The number of halogens is 1. The van der Waals surface area contributed by atoms with Crippen LogP contribution in [0.5, 0.6) is 0 Å². The van der Waals surface area contributed by atoms with Crippen molar-refractivity contribution in [3.8, 4) is 0 Å². The number of hydrogen-bond acceptors (Lipinski definition) is 1. The smallest absolute Gasteiger partial charge is 0.0474 e. The monoisotopic (exact) mass is 251 g/mol. The van der Waals surface area contributed by atoms with Crippen LogP contribution in [0.25, 0.3) is 0 Å². The van der Waals surface area contributed by atoms with Crippen molar-refractivity contribution in [2.45, 2.75) is 38.5 Å². The second-order valence-corrected chi connectivity index (χ2v) is 5.29. The van der Waals surface area contributed by atoms with Crippen LogP contribution < -0.4 is 4.90 Å². The maximum absolute atomic E-state index is 5.81. The zero-order valence-corrected chi connectivity index (χ0v) is 11.4. The minimum Gasteiger partial charge on any atom is -0.372 e. The second kappa shape index (κ2) is 6.30. The molecule has 0 bridgehead atoms. The molecule has 1 nitrogen and oxygen atoms in total. The number of rotatable bonds is 4. The van der Waals surface area contributed by atoms with Crippen LogP contribution in [0.3, 0.4) is 0 Å². The maximum Gasteiger partial charge on any atom is 0.0474 e. The molecular formula is C15H22ClN. The molecule has 17 heavy (non-hydrogen) atoms. The van der Waals surface area contributed by atoms with Crippen LogP contribution in [0.15, 0.2) is 24.3 Å². The Bertz CT molecular complexity index is 325. The highest BCUT2D eigenvalue weighted by atomic mass is 35.5. The van der Waals surface area contributed by atoms with E-state index in [0.29, 0.717) is 5.88 Å². The number of anilines is 1. The maximum atomic E-state index is 5.81. The lowest BCUT2D eigenvalue weighted by atomic mass is 9.92. The number of piperidine rings is 1. The molecule has 0 aliphatic carbocycles. The zero-order valence-electron chi connectivity index (χ0n) is 10.7. The Balaban J connectivity index is 1.91. The Kier molecular flexibility index (Phi) is 4.73. The summed E-state index contributed by atoms with van der Waals surface area (Å²) >= 11 is 5.81. The molecule has 0 N–H and O–H groups in total. The number of benzene rings is 1. The summed E-state index contributed by atoms with van der Waals surface area (Å²) in [5.41, 5.74) is 2.56. The standard InChI is InChI=1S/C15H22ClN/c1-2-3-13-8-10-17(11-9-13)15-6-4-14(12-16)5-7-15/h4-7,13H,2-3,8-12H2,1H3. The molecule has 1 aliphatic rings. The van der Waals surface area contributed by atoms with Gasteiger partial charge in [-0.15, -0.1) is 11.6 Å². The molecule has 2 rings (SSSR count). The minimum absolute atomic E-state index is 0.610. The molecule has 0 saturated carbocycles. The molecule has 1 heterocycles. The molecule has 1 aromatic carbocycles. The molecule has 94 valence electrons. The molecule has 1 aliphatic heterocycles. The van der Waals surface area contributed by atoms with E-state index in [4.69, 9.17) is 11.6 Å². The van der Waals surface area contributed by atoms with E-state index in [1.54, 1.807) is 0 Å². The van der Waals surface area contributed by atoms with Crippen molar-refractivity contribution in [1.82, 2.24) is 0 Å². The lowest BCUT2D eigenvalue weighted by Crippen LogP contribution is -2.33. The minimum atomic E-state index is 0.610. The first kappa shape index (κ1) is 12.8. The molecule has 1 fully saturated rings. The van der Waals surface area contributed by atoms with Gasteiger partial charge in [0.2, 0.25) is 0 Å². The molecule has 0 amide bonds. The summed E-state index contributed by atoms with van der Waals surface area (Å²) in [6.07, 6.45) is 5.43. The highest BCUT2D eigenvalue weighted by molar-refractivity contribution is 6.17. The van der Waals surface area contributed by atoms with E-state index in [1.807, 2.05) is 0 Å². The average molecular weight is 252 g/mol. The van der Waals surface area contributed by atoms with E-state index >= 15 is 0 Å². The van der Waals surface area contributed by atoms with Crippen LogP contribution in [0.2, 0.25) is 0 Å². The Morgan fingerprint density at radius 1 is 1.18 bits per heavy atom. The van der Waals surface area contributed by atoms with Gasteiger partial charge < -0.3 is 4.90 Å². The van der Waals surface area contributed by atoms with E-state index < -0.39 is 0 Å². The van der Waals surface area contributed by atoms with Gasteiger partial charge in [0.15, 0.2) is 0 Å². The average Bonchev–Trinajstić information content (AvgIpc) is 2.40. The summed E-state index contributed by atoms with van der Waals surface area (Å²) in [6, 6.07) is 8.69. The number of hydrogen-bond donors (Lipinski definition) is 0. The number of alkyl halides is 1. The Labute approximate surface area is 110 Å². The van der Waals surface area contributed by atoms with Gasteiger partial charge in [0.25, 0.3) is 0 Å². The molecule has 1 saturated heterocycles. The molecular weight excluding hydrogens is 230 g/mol. The highest BCUT2D eigenvalue weighted by Crippen LogP contribution is 2.26. The third kappa shape index (κ3) is 3.38. The summed E-state index contributed by atoms with van der Waals surface area (Å²) in [7, 11) is 0. The van der Waals surface area contributed by atoms with Crippen LogP contribution in [0.4, 0.5) is 5.69 Å². The van der Waals surface area contributed by atoms with Crippen LogP contribution in [0.1, 0.15) is 38.2 Å². The van der Waals surface area contributed by atoms with Crippen molar-refractivity contribution in [2.24, 2.45) is 5.92 Å². The molecule has 0 atom stereocenters. The summed E-state index contributed by atoms with van der Waals surface area (Å²) < 4.78 is 0. The zero-order chi connectivity index (χ0) is 12.1. The van der Waals surface area contributed by atoms with Crippen LogP contribution in [-0.2, 0) is 5.88 Å². The Morgan fingerprint density at radius 2 is 1.82 bits per heavy atom. The van der Waals surface area contributed by atoms with E-state index in [0.717, 1.165) is 5.92 Å². The van der Waals surface area contributed by atoms with Gasteiger partial charge in [0.05, 0.1) is 0 Å². The van der Waals surface area contributed by atoms with Crippen molar-refractivity contribution in [1.29, 1.82) is 0 Å². The van der Waals surface area contributed by atoms with Crippen LogP contribution in [-0.4, -0.2) is 13.1 Å². The lowest BCUT2D eigenvalue weighted by molar-refractivity contribution is 0.378. The molecule has 0 spiro atoms. The Hall–Kier alpha value is -0.690. The quantitative estimate of drug-likeness (QED) is 0.715. The highest BCUT2D eigenvalue weighted by Gasteiger charge is 2.18. The summed E-state index contributed by atoms with van der Waals surface area (Å²) in [5, 5.41) is 0. The van der Waals surface area contributed by atoms with E-state index in [9.17, 15) is 0 Å². The van der Waals surface area contributed by atoms with E-state index in [-0.39, 0.29) is 0 Å². The number of nitrogens with zero attached hydrogens (tertiary/aromatic N) is 1. The van der Waals surface area contributed by atoms with Crippen LogP contribution in [0, 0.1) is 5.92 Å². The fourth-order valence-electron chi connectivity index (χ4n) is 2.68. The fourth-order valence-corrected chi connectivity index (χ4v) is 2.86. The summed E-state index contributed by atoms with van der Waals surface area (Å²) in [5.74, 6) is 1.57. The van der Waals surface area contributed by atoms with Gasteiger partial charge in [-0.3, -0.25) is 0 Å². The van der Waals surface area contributed by atoms with E-state index in [1.165, 1.54) is 50.0 Å². The first-order valence-electron chi connectivity index (χ1n) is 6.73. The van der Waals surface area contributed by atoms with Gasteiger partial charge in [-0.1, -0.05) is 31.9 Å². The van der Waals surface area contributed by atoms with Crippen LogP contribution >= 0.6 is 11.6 Å². The predicted molar refractivity (Wildman–Crippen MR) is 75.8 cm³/mol. The molecule has 0 radical (unpaired) electrons. The fraction of sp³-hybridized carbons (Fsp3) is 0.600. The van der Waals surface area contributed by atoms with Crippen molar-refractivity contribution in [3.05, 3.63) is 29.8 Å². The van der Waals surface area contributed by atoms with Gasteiger partial charge in [-0.05, 0) is 36.5 Å². The van der Waals surface area contributed by atoms with Crippen molar-refractivity contribution in [3.63, 3.8) is 0 Å². The molecule has 0 aromatic heterocycles. The third-order valence-corrected chi connectivity index (χ3v) is 4.08. The summed E-state index contributed by atoms with van der Waals surface area (Å²) in [4.78, 5) is 2.50. The lowest BCUT2D eigenvalue weighted by Gasteiger charge is -2.33.